The second kappa shape index (κ2) is 12.2. The summed E-state index contributed by atoms with van der Waals surface area (Å²) in [6, 6.07) is 0.823. The number of rotatable bonds is 5. The minimum absolute atomic E-state index is 0.259. The highest BCUT2D eigenvalue weighted by molar-refractivity contribution is 5.73. The van der Waals surface area contributed by atoms with Crippen LogP contribution < -0.4 is 0 Å². The number of nitrogens with zero attached hydrogens (tertiary/aromatic N) is 3. The molecule has 3 rings (SSSR count). The number of carbonyl (C=O) groups excluding carboxylic acids is 1. The van der Waals surface area contributed by atoms with Gasteiger partial charge in [-0.3, -0.25) is 4.79 Å². The summed E-state index contributed by atoms with van der Waals surface area (Å²) < 4.78 is 0. The van der Waals surface area contributed by atoms with Crippen LogP contribution in [0.1, 0.15) is 79.6 Å². The Bertz CT molecular complexity index is 439. The van der Waals surface area contributed by atoms with Gasteiger partial charge in [0.15, 0.2) is 0 Å². The summed E-state index contributed by atoms with van der Waals surface area (Å²) in [7, 11) is 0. The van der Waals surface area contributed by atoms with Gasteiger partial charge in [-0.1, -0.05) is 34.1 Å². The van der Waals surface area contributed by atoms with Crippen LogP contribution in [0, 0.1) is 17.8 Å². The zero-order valence-corrected chi connectivity index (χ0v) is 19.5. The quantitative estimate of drug-likeness (QED) is 0.688. The fourth-order valence-corrected chi connectivity index (χ4v) is 5.52. The Kier molecular flexibility index (Phi) is 10.3. The van der Waals surface area contributed by atoms with Crippen LogP contribution in [0.15, 0.2) is 0 Å². The van der Waals surface area contributed by atoms with E-state index in [4.69, 9.17) is 0 Å². The lowest BCUT2D eigenvalue weighted by atomic mass is 9.83. The molecule has 1 amide bonds. The minimum Gasteiger partial charge on any atom is -0.343 e. The maximum absolute atomic E-state index is 11.6. The van der Waals surface area contributed by atoms with Gasteiger partial charge in [0, 0.05) is 32.6 Å². The third kappa shape index (κ3) is 6.73. The van der Waals surface area contributed by atoms with Crippen LogP contribution >= 0.6 is 0 Å². The Hall–Kier alpha value is -0.610. The summed E-state index contributed by atoms with van der Waals surface area (Å²) in [6.07, 6.45) is 9.34. The van der Waals surface area contributed by atoms with Crippen molar-refractivity contribution in [3.63, 3.8) is 0 Å². The molecular weight excluding hydrogens is 346 g/mol. The van der Waals surface area contributed by atoms with Crippen molar-refractivity contribution >= 4 is 5.91 Å². The van der Waals surface area contributed by atoms with Gasteiger partial charge in [-0.2, -0.15) is 0 Å². The van der Waals surface area contributed by atoms with E-state index in [9.17, 15) is 4.79 Å². The molecular formula is C24H47N3O. The molecule has 4 heteroatoms. The first-order valence-electron chi connectivity index (χ1n) is 12.3. The number of hydrogen-bond acceptors (Lipinski definition) is 3. The predicted octanol–water partition coefficient (Wildman–Crippen LogP) is 4.49. The molecule has 0 aliphatic carbocycles. The van der Waals surface area contributed by atoms with Gasteiger partial charge in [0.25, 0.3) is 0 Å². The van der Waals surface area contributed by atoms with Gasteiger partial charge in [0.05, 0.1) is 0 Å². The molecule has 3 aliphatic rings. The molecule has 0 bridgehead atoms. The molecule has 0 aromatic rings. The highest BCUT2D eigenvalue weighted by atomic mass is 16.2. The van der Waals surface area contributed by atoms with Gasteiger partial charge in [-0.05, 0) is 82.5 Å². The average molecular weight is 394 g/mol. The molecule has 0 saturated carbocycles. The van der Waals surface area contributed by atoms with E-state index in [1.165, 1.54) is 77.7 Å². The molecule has 3 saturated heterocycles. The largest absolute Gasteiger partial charge is 0.343 e. The molecule has 164 valence electrons. The maximum Gasteiger partial charge on any atom is 0.219 e. The SMILES string of the molecule is CC.CCC(C)C1CCN(C2CCN(C[C@@H]3CCCN(C(C)=O)C3)CC2)CC1. The van der Waals surface area contributed by atoms with Crippen molar-refractivity contribution < 1.29 is 4.79 Å². The van der Waals surface area contributed by atoms with Crippen molar-refractivity contribution in [2.45, 2.75) is 85.6 Å². The first-order chi connectivity index (χ1) is 13.6. The Morgan fingerprint density at radius 2 is 1.61 bits per heavy atom. The van der Waals surface area contributed by atoms with Crippen LogP contribution in [0.4, 0.5) is 0 Å². The van der Waals surface area contributed by atoms with Crippen LogP contribution in [0.25, 0.3) is 0 Å². The fourth-order valence-electron chi connectivity index (χ4n) is 5.52. The lowest BCUT2D eigenvalue weighted by molar-refractivity contribution is -0.130. The van der Waals surface area contributed by atoms with E-state index in [2.05, 4.69) is 28.5 Å². The van der Waals surface area contributed by atoms with Gasteiger partial charge in [0.1, 0.15) is 0 Å². The Labute approximate surface area is 175 Å². The molecule has 28 heavy (non-hydrogen) atoms. The van der Waals surface area contributed by atoms with Crippen molar-refractivity contribution in [3.05, 3.63) is 0 Å². The highest BCUT2D eigenvalue weighted by Crippen LogP contribution is 2.30. The molecule has 0 N–H and O–H groups in total. The van der Waals surface area contributed by atoms with Crippen molar-refractivity contribution in [2.24, 2.45) is 17.8 Å². The van der Waals surface area contributed by atoms with Crippen LogP contribution in [0.2, 0.25) is 0 Å². The monoisotopic (exact) mass is 393 g/mol. The molecule has 0 radical (unpaired) electrons. The van der Waals surface area contributed by atoms with Crippen LogP contribution in [-0.4, -0.2) is 72.5 Å². The number of carbonyl (C=O) groups is 1. The summed E-state index contributed by atoms with van der Waals surface area (Å²) in [6.45, 7) is 18.8. The van der Waals surface area contributed by atoms with Crippen molar-refractivity contribution in [2.75, 3.05) is 45.8 Å². The van der Waals surface area contributed by atoms with E-state index in [0.717, 1.165) is 31.0 Å². The zero-order valence-electron chi connectivity index (χ0n) is 19.5. The number of amides is 1. The van der Waals surface area contributed by atoms with E-state index >= 15 is 0 Å². The average Bonchev–Trinajstić information content (AvgIpc) is 2.75. The van der Waals surface area contributed by atoms with E-state index in [0.29, 0.717) is 5.92 Å². The topological polar surface area (TPSA) is 26.8 Å². The van der Waals surface area contributed by atoms with E-state index in [1.807, 2.05) is 13.8 Å². The summed E-state index contributed by atoms with van der Waals surface area (Å²) in [5.74, 6) is 2.82. The number of piperidine rings is 3. The second-order valence-corrected chi connectivity index (χ2v) is 9.26. The minimum atomic E-state index is 0.259. The smallest absolute Gasteiger partial charge is 0.219 e. The summed E-state index contributed by atoms with van der Waals surface area (Å²) in [5, 5.41) is 0. The second-order valence-electron chi connectivity index (χ2n) is 9.26. The molecule has 2 atom stereocenters. The third-order valence-electron chi connectivity index (χ3n) is 7.58. The Morgan fingerprint density at radius 1 is 0.964 bits per heavy atom. The Morgan fingerprint density at radius 3 is 2.18 bits per heavy atom. The maximum atomic E-state index is 11.6. The molecule has 0 aromatic heterocycles. The molecule has 3 fully saturated rings. The van der Waals surface area contributed by atoms with Crippen molar-refractivity contribution in [1.82, 2.24) is 14.7 Å². The van der Waals surface area contributed by atoms with Gasteiger partial charge >= 0.3 is 0 Å². The van der Waals surface area contributed by atoms with Crippen molar-refractivity contribution in [3.8, 4) is 0 Å². The molecule has 4 nitrogen and oxygen atoms in total. The number of likely N-dealkylation sites (tertiary alicyclic amines) is 3. The van der Waals surface area contributed by atoms with Crippen LogP contribution in [-0.2, 0) is 4.79 Å². The lowest BCUT2D eigenvalue weighted by Gasteiger charge is -2.43. The van der Waals surface area contributed by atoms with E-state index in [1.54, 1.807) is 6.92 Å². The first kappa shape index (κ1) is 23.7. The molecule has 1 unspecified atom stereocenters. The third-order valence-corrected chi connectivity index (χ3v) is 7.58. The van der Waals surface area contributed by atoms with Gasteiger partial charge < -0.3 is 14.7 Å². The number of hydrogen-bond donors (Lipinski definition) is 0. The lowest BCUT2D eigenvalue weighted by Crippen LogP contribution is -2.50. The normalized spacial score (nSPS) is 27.2. The standard InChI is InChI=1S/C22H41N3O.C2H6/c1-4-18(2)21-7-14-24(15-8-21)22-9-12-23(13-10-22)16-20-6-5-11-25(17-20)19(3)26;1-2/h18,20-22H,4-17H2,1-3H3;1-2H3/t18?,20-;/m0./s1. The van der Waals surface area contributed by atoms with Crippen LogP contribution in [0.3, 0.4) is 0 Å². The zero-order chi connectivity index (χ0) is 20.5. The fraction of sp³-hybridized carbons (Fsp3) is 0.958. The van der Waals surface area contributed by atoms with Crippen molar-refractivity contribution in [1.29, 1.82) is 0 Å². The van der Waals surface area contributed by atoms with Crippen LogP contribution in [0.5, 0.6) is 0 Å². The van der Waals surface area contributed by atoms with Gasteiger partial charge in [0.2, 0.25) is 5.91 Å². The highest BCUT2D eigenvalue weighted by Gasteiger charge is 2.31. The Balaban J connectivity index is 0.00000136. The summed E-state index contributed by atoms with van der Waals surface area (Å²) >= 11 is 0. The van der Waals surface area contributed by atoms with Gasteiger partial charge in [-0.25, -0.2) is 0 Å². The molecule has 0 spiro atoms. The molecule has 3 aliphatic heterocycles. The van der Waals surface area contributed by atoms with E-state index in [-0.39, 0.29) is 5.91 Å². The van der Waals surface area contributed by atoms with E-state index < -0.39 is 0 Å². The predicted molar refractivity (Wildman–Crippen MR) is 120 cm³/mol. The van der Waals surface area contributed by atoms with Gasteiger partial charge in [-0.15, -0.1) is 0 Å². The molecule has 3 heterocycles. The first-order valence-corrected chi connectivity index (χ1v) is 12.3. The summed E-state index contributed by atoms with van der Waals surface area (Å²) in [4.78, 5) is 19.2. The molecule has 0 aromatic carbocycles. The summed E-state index contributed by atoms with van der Waals surface area (Å²) in [5.41, 5.74) is 0.